The molecule has 414 valence electrons. The largest absolute Gasteiger partial charge is 0.480 e. The lowest BCUT2D eigenvalue weighted by Crippen LogP contribution is -2.62. The van der Waals surface area contributed by atoms with Gasteiger partial charge < -0.3 is 69.1 Å². The number of nitrogens with two attached hydrogens (primary N) is 2. The van der Waals surface area contributed by atoms with Crippen molar-refractivity contribution >= 4 is 70.1 Å². The molecule has 0 aliphatic carbocycles. The maximum atomic E-state index is 15.0. The van der Waals surface area contributed by atoms with Gasteiger partial charge in [0.15, 0.2) is 5.96 Å². The molecule has 26 heteroatoms. The van der Waals surface area contributed by atoms with E-state index >= 15 is 4.79 Å². The number of benzene rings is 1. The SMILES string of the molecule is CC(C)C[C@@H]1NC(=O)[C@@H](NC(=O)[C@@H]2CCC(=O)N2)[C@H](C(C)C)c2ccc3c4c([nH]c3c2)-n2cnc(c2)C[C@@H](C(=O)N[C@@H](Cc2cnc[nH]2)C(=O)O)NC(=O)[C@H](CCCN=C(N)N)NC(=O)[C@H](C4)NC(=O)[C@H](C(C)C)NC1=O. The average molecular weight is 1070 g/mol. The number of aliphatic imine (C=N–C) groups is 1. The Kier molecular flexibility index (Phi) is 18.0. The number of aromatic amines is 2. The van der Waals surface area contributed by atoms with Crippen LogP contribution in [0, 0.1) is 17.8 Å². The van der Waals surface area contributed by atoms with Gasteiger partial charge in [0, 0.05) is 72.7 Å². The van der Waals surface area contributed by atoms with Gasteiger partial charge in [-0.25, -0.2) is 14.8 Å². The molecule has 4 aromatic rings. The van der Waals surface area contributed by atoms with E-state index < -0.39 is 107 Å². The summed E-state index contributed by atoms with van der Waals surface area (Å²) < 4.78 is 1.62. The number of nitrogens with zero attached hydrogens (tertiary/aromatic N) is 4. The number of hydrogen-bond donors (Lipinski definition) is 13. The molecule has 3 aromatic heterocycles. The van der Waals surface area contributed by atoms with Gasteiger partial charge in [-0.2, -0.15) is 0 Å². The van der Waals surface area contributed by atoms with Gasteiger partial charge in [0.1, 0.15) is 60.5 Å². The molecule has 0 radical (unpaired) electrons. The average Bonchev–Trinajstić information content (AvgIpc) is 4.23. The zero-order valence-electron chi connectivity index (χ0n) is 43.9. The highest BCUT2D eigenvalue weighted by molar-refractivity contribution is 5.99. The molecular weight excluding hydrogens is 997 g/mol. The molecule has 26 nitrogen and oxygen atoms in total. The molecule has 7 heterocycles. The molecule has 7 bridgehead atoms. The molecule has 1 saturated heterocycles. The summed E-state index contributed by atoms with van der Waals surface area (Å²) in [5.41, 5.74) is 13.5. The van der Waals surface area contributed by atoms with Crippen molar-refractivity contribution in [3.05, 3.63) is 65.8 Å². The van der Waals surface area contributed by atoms with Gasteiger partial charge >= 0.3 is 5.97 Å². The van der Waals surface area contributed by atoms with E-state index in [2.05, 4.69) is 67.5 Å². The second-order valence-corrected chi connectivity index (χ2v) is 21.1. The predicted octanol–water partition coefficient (Wildman–Crippen LogP) is -1.32. The fourth-order valence-corrected chi connectivity index (χ4v) is 10.1. The van der Waals surface area contributed by atoms with Crippen LogP contribution in [0.4, 0.5) is 0 Å². The standard InChI is InChI=1S/C51H70N16O10/c1-23(2)14-34-47(73)65-40(25(5)6)48(74)63-36-18-30-29-10-9-26(39(24(3)4)41(49(75)62-34)66-44(70)32-11-12-38(68)58-32)15-33(29)59-42(30)67-20-28(57-22-67)17-35(45(71)64-37(50(76)77)16-27-19-54-21-56-27)61-43(69)31(60-46(36)72)8-7-13-55-51(52)53/h9-10,15,19-25,31-32,34-37,39-41,59H,7-8,11-14,16-18H2,1-6H3,(H,54,56)(H,58,68)(H,60,72)(H,61,69)(H,62,75)(H,63,74)(H,64,71)(H,65,73)(H,66,70)(H,76,77)(H4,52,53,55)/t31-,32-,34-,35-,36-,37-,39+,40-,41-/m0/s1. The summed E-state index contributed by atoms with van der Waals surface area (Å²) in [6.45, 7) is 10.9. The third kappa shape index (κ3) is 13.9. The molecular formula is C51H70N16O10. The Balaban J connectivity index is 1.39. The summed E-state index contributed by atoms with van der Waals surface area (Å²) in [7, 11) is 0. The number of guanidine groups is 1. The number of amides is 8. The number of carbonyl (C=O) groups is 9. The number of nitrogens with one attached hydrogen (secondary N) is 10. The Hall–Kier alpha value is -8.32. The Morgan fingerprint density at radius 3 is 2.23 bits per heavy atom. The molecule has 1 aromatic carbocycles. The first-order chi connectivity index (χ1) is 36.6. The monoisotopic (exact) mass is 1070 g/mol. The molecule has 15 N–H and O–H groups in total. The number of carboxylic acids is 1. The van der Waals surface area contributed by atoms with Gasteiger partial charge in [-0.3, -0.25) is 47.9 Å². The lowest BCUT2D eigenvalue weighted by Gasteiger charge is -2.33. The molecule has 0 saturated carbocycles. The van der Waals surface area contributed by atoms with Crippen LogP contribution in [-0.4, -0.2) is 144 Å². The van der Waals surface area contributed by atoms with Crippen molar-refractivity contribution in [2.45, 2.75) is 147 Å². The number of carbonyl (C=O) groups excluding carboxylic acids is 8. The van der Waals surface area contributed by atoms with E-state index in [0.717, 1.165) is 0 Å². The summed E-state index contributed by atoms with van der Waals surface area (Å²) in [6, 6.07) is -4.98. The smallest absolute Gasteiger partial charge is 0.326 e. The van der Waals surface area contributed by atoms with E-state index in [1.807, 2.05) is 33.8 Å². The highest BCUT2D eigenvalue weighted by atomic mass is 16.4. The van der Waals surface area contributed by atoms with E-state index in [1.54, 1.807) is 36.7 Å². The summed E-state index contributed by atoms with van der Waals surface area (Å²) in [5.74, 6) is -8.50. The number of fused-ring (bicyclic) bond motifs is 13. The van der Waals surface area contributed by atoms with Gasteiger partial charge in [-0.05, 0) is 55.1 Å². The van der Waals surface area contributed by atoms with E-state index in [0.29, 0.717) is 33.5 Å². The zero-order chi connectivity index (χ0) is 55.8. The first-order valence-corrected chi connectivity index (χ1v) is 25.9. The van der Waals surface area contributed by atoms with Crippen molar-refractivity contribution in [3.8, 4) is 5.82 Å². The molecule has 8 amide bonds. The summed E-state index contributed by atoms with van der Waals surface area (Å²) >= 11 is 0. The number of hydrogen-bond acceptors (Lipinski definition) is 12. The first-order valence-electron chi connectivity index (χ1n) is 25.9. The van der Waals surface area contributed by atoms with Crippen molar-refractivity contribution in [1.29, 1.82) is 0 Å². The minimum Gasteiger partial charge on any atom is -0.480 e. The Labute approximate surface area is 443 Å². The first kappa shape index (κ1) is 56.4. The molecule has 77 heavy (non-hydrogen) atoms. The number of rotatable bonds is 15. The highest BCUT2D eigenvalue weighted by Gasteiger charge is 2.41. The third-order valence-electron chi connectivity index (χ3n) is 14.0. The van der Waals surface area contributed by atoms with Crippen LogP contribution in [0.1, 0.15) is 102 Å². The van der Waals surface area contributed by atoms with Gasteiger partial charge in [0.2, 0.25) is 47.3 Å². The molecule has 4 aliphatic rings. The fourth-order valence-electron chi connectivity index (χ4n) is 10.1. The highest BCUT2D eigenvalue weighted by Crippen LogP contribution is 2.35. The van der Waals surface area contributed by atoms with Crippen LogP contribution in [0.15, 0.2) is 48.2 Å². The Morgan fingerprint density at radius 1 is 0.844 bits per heavy atom. The number of H-pyrrole nitrogens is 2. The second kappa shape index (κ2) is 24.6. The normalized spacial score (nSPS) is 23.9. The molecule has 8 rings (SSSR count). The molecule has 9 atom stereocenters. The topological polar surface area (TPSA) is 397 Å². The maximum Gasteiger partial charge on any atom is 0.326 e. The lowest BCUT2D eigenvalue weighted by molar-refractivity contribution is -0.142. The molecule has 1 fully saturated rings. The van der Waals surface area contributed by atoms with Crippen molar-refractivity contribution in [3.63, 3.8) is 0 Å². The van der Waals surface area contributed by atoms with Crippen LogP contribution >= 0.6 is 0 Å². The lowest BCUT2D eigenvalue weighted by atomic mass is 9.81. The minimum absolute atomic E-state index is 0.0512. The number of aromatic nitrogens is 5. The number of imidazole rings is 2. The van der Waals surface area contributed by atoms with Gasteiger partial charge in [0.05, 0.1) is 12.0 Å². The van der Waals surface area contributed by atoms with Gasteiger partial charge in [-0.15, -0.1) is 0 Å². The summed E-state index contributed by atoms with van der Waals surface area (Å²) in [5, 5.41) is 33.0. The van der Waals surface area contributed by atoms with Crippen molar-refractivity contribution in [2.75, 3.05) is 6.54 Å². The fraction of sp³-hybridized carbons (Fsp3) is 0.529. The van der Waals surface area contributed by atoms with Gasteiger partial charge in [0.25, 0.3) is 0 Å². The number of aliphatic carboxylic acids is 1. The van der Waals surface area contributed by atoms with Crippen molar-refractivity contribution in [1.82, 2.24) is 67.0 Å². The zero-order valence-corrected chi connectivity index (χ0v) is 43.9. The predicted molar refractivity (Wildman–Crippen MR) is 279 cm³/mol. The van der Waals surface area contributed by atoms with E-state index in [-0.39, 0.29) is 87.3 Å². The number of carboxylic acid groups (broad SMARTS) is 1. The van der Waals surface area contributed by atoms with Crippen LogP contribution in [0.3, 0.4) is 0 Å². The van der Waals surface area contributed by atoms with Crippen LogP contribution in [-0.2, 0) is 62.4 Å². The van der Waals surface area contributed by atoms with E-state index in [1.165, 1.54) is 18.9 Å². The summed E-state index contributed by atoms with van der Waals surface area (Å²) in [4.78, 5) is 146. The minimum atomic E-state index is -1.45. The quantitative estimate of drug-likeness (QED) is 0.0285. The molecule has 0 spiro atoms. The Bertz CT molecular complexity index is 2890. The Morgan fingerprint density at radius 2 is 1.58 bits per heavy atom. The van der Waals surface area contributed by atoms with Crippen LogP contribution < -0.4 is 54.0 Å². The molecule has 0 unspecified atom stereocenters. The van der Waals surface area contributed by atoms with E-state index in [9.17, 15) is 43.5 Å². The van der Waals surface area contributed by atoms with Crippen LogP contribution in [0.25, 0.3) is 16.7 Å². The van der Waals surface area contributed by atoms with Crippen LogP contribution in [0.5, 0.6) is 0 Å². The molecule has 4 aliphatic heterocycles. The van der Waals surface area contributed by atoms with Gasteiger partial charge in [-0.1, -0.05) is 53.7 Å². The van der Waals surface area contributed by atoms with Crippen molar-refractivity contribution in [2.24, 2.45) is 34.2 Å². The van der Waals surface area contributed by atoms with Crippen molar-refractivity contribution < 1.29 is 48.3 Å². The summed E-state index contributed by atoms with van der Waals surface area (Å²) in [6.07, 6.45) is 5.80. The maximum absolute atomic E-state index is 15.0. The van der Waals surface area contributed by atoms with E-state index in [4.69, 9.17) is 11.5 Å². The van der Waals surface area contributed by atoms with Crippen LogP contribution in [0.2, 0.25) is 0 Å². The third-order valence-corrected chi connectivity index (χ3v) is 14.0. The second-order valence-electron chi connectivity index (χ2n) is 21.1.